The normalized spacial score (nSPS) is 18.7. The van der Waals surface area contributed by atoms with Gasteiger partial charge in [0.2, 0.25) is 0 Å². The monoisotopic (exact) mass is 213 g/mol. The quantitative estimate of drug-likeness (QED) is 0.709. The molecule has 0 aromatic carbocycles. The Morgan fingerprint density at radius 3 is 2.47 bits per heavy atom. The Hall–Kier alpha value is -0.570. The van der Waals surface area contributed by atoms with Crippen LogP contribution in [0.25, 0.3) is 0 Å². The summed E-state index contributed by atoms with van der Waals surface area (Å²) in [5, 5.41) is 3.31. The van der Waals surface area contributed by atoms with Crippen LogP contribution in [0.1, 0.15) is 40.0 Å². The van der Waals surface area contributed by atoms with Gasteiger partial charge in [0, 0.05) is 0 Å². The van der Waals surface area contributed by atoms with E-state index >= 15 is 0 Å². The van der Waals surface area contributed by atoms with E-state index in [-0.39, 0.29) is 17.4 Å². The zero-order valence-electron chi connectivity index (χ0n) is 10.3. The first kappa shape index (κ1) is 12.5. The number of methoxy groups -OCH3 is 1. The van der Waals surface area contributed by atoms with Crippen molar-refractivity contribution in [3.05, 3.63) is 0 Å². The van der Waals surface area contributed by atoms with Crippen LogP contribution in [0.15, 0.2) is 0 Å². The van der Waals surface area contributed by atoms with Gasteiger partial charge >= 0.3 is 5.97 Å². The van der Waals surface area contributed by atoms with Crippen molar-refractivity contribution in [3.8, 4) is 0 Å². The number of hydrogen-bond donors (Lipinski definition) is 1. The third-order valence-corrected chi connectivity index (χ3v) is 2.90. The van der Waals surface area contributed by atoms with Crippen molar-refractivity contribution in [3.63, 3.8) is 0 Å². The van der Waals surface area contributed by atoms with Crippen LogP contribution in [-0.4, -0.2) is 25.7 Å². The summed E-state index contributed by atoms with van der Waals surface area (Å²) in [6.45, 7) is 7.08. The van der Waals surface area contributed by atoms with Gasteiger partial charge in [0.05, 0.1) is 7.11 Å². The lowest BCUT2D eigenvalue weighted by molar-refractivity contribution is -0.146. The molecule has 1 N–H and O–H groups in total. The summed E-state index contributed by atoms with van der Waals surface area (Å²) in [7, 11) is 1.45. The van der Waals surface area contributed by atoms with Gasteiger partial charge in [-0.05, 0) is 24.3 Å². The molecule has 0 aromatic heterocycles. The lowest BCUT2D eigenvalue weighted by Gasteiger charge is -2.29. The topological polar surface area (TPSA) is 38.3 Å². The minimum atomic E-state index is -0.193. The Morgan fingerprint density at radius 2 is 2.07 bits per heavy atom. The van der Waals surface area contributed by atoms with Crippen LogP contribution >= 0.6 is 0 Å². The number of rotatable bonds is 5. The second kappa shape index (κ2) is 4.97. The third-order valence-electron chi connectivity index (χ3n) is 2.90. The van der Waals surface area contributed by atoms with E-state index in [1.165, 1.54) is 26.4 Å². The minimum Gasteiger partial charge on any atom is -0.468 e. The van der Waals surface area contributed by atoms with Gasteiger partial charge in [0.15, 0.2) is 0 Å². The second-order valence-electron chi connectivity index (χ2n) is 5.51. The van der Waals surface area contributed by atoms with Crippen LogP contribution < -0.4 is 5.32 Å². The lowest BCUT2D eigenvalue weighted by atomic mass is 9.86. The average molecular weight is 213 g/mol. The molecule has 1 rings (SSSR count). The fourth-order valence-electron chi connectivity index (χ4n) is 1.70. The summed E-state index contributed by atoms with van der Waals surface area (Å²) in [6, 6.07) is -0.193. The van der Waals surface area contributed by atoms with Crippen molar-refractivity contribution in [1.29, 1.82) is 0 Å². The number of nitrogens with one attached hydrogen (secondary N) is 1. The Bertz CT molecular complexity index is 216. The van der Waals surface area contributed by atoms with E-state index in [0.717, 1.165) is 12.5 Å². The van der Waals surface area contributed by atoms with Crippen molar-refractivity contribution in [2.75, 3.05) is 13.7 Å². The lowest BCUT2D eigenvalue weighted by Crippen LogP contribution is -2.47. The molecule has 0 heterocycles. The number of carbonyl (C=O) groups is 1. The first-order valence-electron chi connectivity index (χ1n) is 5.76. The third kappa shape index (κ3) is 4.20. The maximum atomic E-state index is 11.6. The molecular formula is C12H23NO2. The van der Waals surface area contributed by atoms with Crippen LogP contribution in [0.5, 0.6) is 0 Å². The first-order chi connectivity index (χ1) is 6.95. The largest absolute Gasteiger partial charge is 0.468 e. The summed E-state index contributed by atoms with van der Waals surface area (Å²) in [6.07, 6.45) is 3.91. The summed E-state index contributed by atoms with van der Waals surface area (Å²) in [4.78, 5) is 11.6. The van der Waals surface area contributed by atoms with Crippen LogP contribution in [0.3, 0.4) is 0 Å². The van der Waals surface area contributed by atoms with Crippen LogP contribution in [0.4, 0.5) is 0 Å². The van der Waals surface area contributed by atoms with Gasteiger partial charge in [0.25, 0.3) is 0 Å². The SMILES string of the molecule is COC(=O)[C@@H](NCCC1CC1)C(C)(C)C. The molecule has 3 nitrogen and oxygen atoms in total. The standard InChI is InChI=1S/C12H23NO2/c1-12(2,3)10(11(14)15-4)13-8-7-9-5-6-9/h9-10,13H,5-8H2,1-4H3/t10-/m1/s1. The molecule has 0 aromatic rings. The predicted molar refractivity (Wildman–Crippen MR) is 60.6 cm³/mol. The van der Waals surface area contributed by atoms with Gasteiger partial charge in [-0.1, -0.05) is 33.6 Å². The molecule has 0 spiro atoms. The first-order valence-corrected chi connectivity index (χ1v) is 5.76. The van der Waals surface area contributed by atoms with Crippen molar-refractivity contribution in [2.24, 2.45) is 11.3 Å². The van der Waals surface area contributed by atoms with Gasteiger partial charge in [-0.3, -0.25) is 4.79 Å². The van der Waals surface area contributed by atoms with E-state index < -0.39 is 0 Å². The molecule has 1 fully saturated rings. The van der Waals surface area contributed by atoms with Crippen LogP contribution in [0.2, 0.25) is 0 Å². The number of hydrogen-bond acceptors (Lipinski definition) is 3. The molecule has 0 radical (unpaired) electrons. The van der Waals surface area contributed by atoms with E-state index in [1.54, 1.807) is 0 Å². The average Bonchev–Trinajstić information content (AvgIpc) is 2.93. The van der Waals surface area contributed by atoms with E-state index in [2.05, 4.69) is 26.1 Å². The molecule has 88 valence electrons. The fraction of sp³-hybridized carbons (Fsp3) is 0.917. The summed E-state index contributed by atoms with van der Waals surface area (Å²) < 4.78 is 4.81. The molecule has 1 atom stereocenters. The zero-order valence-corrected chi connectivity index (χ0v) is 10.3. The summed E-state index contributed by atoms with van der Waals surface area (Å²) in [5.41, 5.74) is -0.0867. The van der Waals surface area contributed by atoms with Gasteiger partial charge < -0.3 is 10.1 Å². The number of ether oxygens (including phenoxy) is 1. The highest BCUT2D eigenvalue weighted by atomic mass is 16.5. The molecule has 0 aliphatic heterocycles. The van der Waals surface area contributed by atoms with E-state index in [1.807, 2.05) is 0 Å². The van der Waals surface area contributed by atoms with Gasteiger partial charge in [-0.25, -0.2) is 0 Å². The molecule has 15 heavy (non-hydrogen) atoms. The Morgan fingerprint density at radius 1 is 1.47 bits per heavy atom. The molecule has 1 saturated carbocycles. The van der Waals surface area contributed by atoms with Gasteiger partial charge in [0.1, 0.15) is 6.04 Å². The van der Waals surface area contributed by atoms with Crippen molar-refractivity contribution >= 4 is 5.97 Å². The summed E-state index contributed by atoms with van der Waals surface area (Å²) in [5.74, 6) is 0.745. The Kier molecular flexibility index (Phi) is 4.14. The van der Waals surface area contributed by atoms with Gasteiger partial charge in [-0.15, -0.1) is 0 Å². The Labute approximate surface area is 92.6 Å². The van der Waals surface area contributed by atoms with Crippen molar-refractivity contribution in [1.82, 2.24) is 5.32 Å². The minimum absolute atomic E-state index is 0.0867. The maximum absolute atomic E-state index is 11.6. The molecule has 1 aliphatic rings. The van der Waals surface area contributed by atoms with E-state index in [0.29, 0.717) is 0 Å². The smallest absolute Gasteiger partial charge is 0.323 e. The Balaban J connectivity index is 2.37. The van der Waals surface area contributed by atoms with E-state index in [4.69, 9.17) is 4.74 Å². The highest BCUT2D eigenvalue weighted by molar-refractivity contribution is 5.76. The van der Waals surface area contributed by atoms with Crippen molar-refractivity contribution in [2.45, 2.75) is 46.1 Å². The number of esters is 1. The van der Waals surface area contributed by atoms with Crippen LogP contribution in [-0.2, 0) is 9.53 Å². The number of carbonyl (C=O) groups excluding carboxylic acids is 1. The predicted octanol–water partition coefficient (Wildman–Crippen LogP) is 1.96. The molecular weight excluding hydrogens is 190 g/mol. The zero-order chi connectivity index (χ0) is 11.5. The highest BCUT2D eigenvalue weighted by Gasteiger charge is 2.32. The van der Waals surface area contributed by atoms with Gasteiger partial charge in [-0.2, -0.15) is 0 Å². The van der Waals surface area contributed by atoms with E-state index in [9.17, 15) is 4.79 Å². The van der Waals surface area contributed by atoms with Crippen molar-refractivity contribution < 1.29 is 9.53 Å². The second-order valence-corrected chi connectivity index (χ2v) is 5.51. The molecule has 0 unspecified atom stereocenters. The molecule has 1 aliphatic carbocycles. The molecule has 3 heteroatoms. The molecule has 0 amide bonds. The molecule has 0 saturated heterocycles. The maximum Gasteiger partial charge on any atom is 0.323 e. The van der Waals surface area contributed by atoms with Crippen LogP contribution in [0, 0.1) is 11.3 Å². The fourth-order valence-corrected chi connectivity index (χ4v) is 1.70. The molecule has 0 bridgehead atoms. The summed E-state index contributed by atoms with van der Waals surface area (Å²) >= 11 is 0. The highest BCUT2D eigenvalue weighted by Crippen LogP contribution is 2.32.